The number of aromatic nitrogens is 2. The van der Waals surface area contributed by atoms with Gasteiger partial charge in [-0.05, 0) is 48.6 Å². The molecule has 8 heteroatoms. The first-order chi connectivity index (χ1) is 15.8. The number of carbonyl (C=O) groups excluding carboxylic acids is 1. The van der Waals surface area contributed by atoms with Gasteiger partial charge >= 0.3 is 0 Å². The quantitative estimate of drug-likeness (QED) is 0.385. The van der Waals surface area contributed by atoms with Crippen LogP contribution < -0.4 is 15.7 Å². The number of halogens is 1. The van der Waals surface area contributed by atoms with E-state index in [1.165, 1.54) is 17.7 Å². The molecular formula is C25H24ClN3O3S. The summed E-state index contributed by atoms with van der Waals surface area (Å²) in [5, 5.41) is 1.14. The molecule has 6 nitrogen and oxygen atoms in total. The van der Waals surface area contributed by atoms with Gasteiger partial charge in [0.05, 0.1) is 5.39 Å². The van der Waals surface area contributed by atoms with E-state index in [9.17, 15) is 9.59 Å². The molecule has 0 unspecified atom stereocenters. The Morgan fingerprint density at radius 1 is 1.21 bits per heavy atom. The van der Waals surface area contributed by atoms with Gasteiger partial charge in [-0.25, -0.2) is 9.66 Å². The van der Waals surface area contributed by atoms with Gasteiger partial charge in [0, 0.05) is 15.5 Å². The van der Waals surface area contributed by atoms with Crippen molar-refractivity contribution in [2.45, 2.75) is 33.6 Å². The lowest BCUT2D eigenvalue weighted by atomic mass is 10.0. The predicted octanol–water partition coefficient (Wildman–Crippen LogP) is 5.67. The fourth-order valence-electron chi connectivity index (χ4n) is 3.69. The van der Waals surface area contributed by atoms with Crippen LogP contribution in [0, 0.1) is 13.8 Å². The number of nitrogens with one attached hydrogen (secondary N) is 1. The fraction of sp³-hybridized carbons (Fsp3) is 0.240. The second-order valence-corrected chi connectivity index (χ2v) is 9.73. The molecule has 0 bridgehead atoms. The van der Waals surface area contributed by atoms with Crippen LogP contribution in [0.2, 0.25) is 5.02 Å². The Morgan fingerprint density at radius 3 is 2.64 bits per heavy atom. The molecule has 1 N–H and O–H groups in total. The van der Waals surface area contributed by atoms with Gasteiger partial charge in [0.25, 0.3) is 11.5 Å². The molecule has 0 saturated heterocycles. The van der Waals surface area contributed by atoms with E-state index in [-0.39, 0.29) is 18.1 Å². The lowest BCUT2D eigenvalue weighted by Gasteiger charge is -2.16. The van der Waals surface area contributed by atoms with Crippen LogP contribution >= 0.6 is 22.9 Å². The number of aryl methyl sites for hydroxylation is 2. The first-order valence-electron chi connectivity index (χ1n) is 10.5. The minimum atomic E-state index is -0.464. The molecule has 2 heterocycles. The van der Waals surface area contributed by atoms with Gasteiger partial charge in [0.2, 0.25) is 0 Å². The highest BCUT2D eigenvalue weighted by molar-refractivity contribution is 7.19. The topological polar surface area (TPSA) is 73.2 Å². The Bertz CT molecular complexity index is 1390. The summed E-state index contributed by atoms with van der Waals surface area (Å²) >= 11 is 7.70. The normalized spacial score (nSPS) is 11.2. The number of amides is 1. The molecule has 0 radical (unpaired) electrons. The van der Waals surface area contributed by atoms with Crippen LogP contribution in [-0.2, 0) is 4.79 Å². The van der Waals surface area contributed by atoms with E-state index in [0.29, 0.717) is 21.0 Å². The number of ether oxygens (including phenoxy) is 1. The average Bonchev–Trinajstić information content (AvgIpc) is 3.13. The zero-order chi connectivity index (χ0) is 23.7. The molecule has 4 rings (SSSR count). The number of rotatable bonds is 6. The van der Waals surface area contributed by atoms with Crippen molar-refractivity contribution in [3.63, 3.8) is 0 Å². The van der Waals surface area contributed by atoms with Gasteiger partial charge in [-0.2, -0.15) is 0 Å². The third-order valence-electron chi connectivity index (χ3n) is 5.37. The maximum absolute atomic E-state index is 13.2. The van der Waals surface area contributed by atoms with Gasteiger partial charge in [-0.1, -0.05) is 55.8 Å². The summed E-state index contributed by atoms with van der Waals surface area (Å²) in [5.74, 6) is 0.310. The summed E-state index contributed by atoms with van der Waals surface area (Å²) in [7, 11) is 0. The summed E-state index contributed by atoms with van der Waals surface area (Å²) < 4.78 is 6.90. The third-order valence-corrected chi connectivity index (χ3v) is 6.79. The summed E-state index contributed by atoms with van der Waals surface area (Å²) in [6.07, 6.45) is 1.33. The van der Waals surface area contributed by atoms with Crippen LogP contribution in [0.15, 0.2) is 53.6 Å². The molecule has 0 aliphatic carbocycles. The van der Waals surface area contributed by atoms with Crippen LogP contribution in [-0.4, -0.2) is 22.2 Å². The van der Waals surface area contributed by atoms with Crippen molar-refractivity contribution in [3.8, 4) is 16.9 Å². The zero-order valence-electron chi connectivity index (χ0n) is 18.8. The first kappa shape index (κ1) is 23.0. The number of fused-ring (bicyclic) bond motifs is 1. The van der Waals surface area contributed by atoms with Crippen LogP contribution in [0.3, 0.4) is 0 Å². The second-order valence-electron chi connectivity index (χ2n) is 8.12. The SMILES string of the molecule is Cc1cc(OCC(=O)Nn2cnc3sc(C)c(-c4ccccc4)c3c2=O)c(C(C)C)cc1Cl. The predicted molar refractivity (Wildman–Crippen MR) is 134 cm³/mol. The van der Waals surface area contributed by atoms with Gasteiger partial charge in [0.15, 0.2) is 6.61 Å². The van der Waals surface area contributed by atoms with Crippen molar-refractivity contribution in [1.29, 1.82) is 0 Å². The number of nitrogens with zero attached hydrogens (tertiary/aromatic N) is 2. The molecule has 2 aromatic heterocycles. The fourth-order valence-corrected chi connectivity index (χ4v) is 4.87. The number of hydrogen-bond donors (Lipinski definition) is 1. The highest BCUT2D eigenvalue weighted by atomic mass is 35.5. The van der Waals surface area contributed by atoms with Crippen molar-refractivity contribution < 1.29 is 9.53 Å². The molecule has 170 valence electrons. The Kier molecular flexibility index (Phi) is 6.54. The third kappa shape index (κ3) is 4.65. The van der Waals surface area contributed by atoms with Crippen LogP contribution in [0.4, 0.5) is 0 Å². The monoisotopic (exact) mass is 481 g/mol. The molecule has 0 aliphatic rings. The lowest BCUT2D eigenvalue weighted by molar-refractivity contribution is -0.119. The summed E-state index contributed by atoms with van der Waals surface area (Å²) in [5.41, 5.74) is 5.82. The van der Waals surface area contributed by atoms with E-state index in [0.717, 1.165) is 31.8 Å². The summed E-state index contributed by atoms with van der Waals surface area (Å²) in [6.45, 7) is 7.65. The van der Waals surface area contributed by atoms with Gasteiger partial charge in [0.1, 0.15) is 16.9 Å². The maximum atomic E-state index is 13.2. The number of carbonyl (C=O) groups is 1. The minimum absolute atomic E-state index is 0.175. The van der Waals surface area contributed by atoms with Crippen LogP contribution in [0.5, 0.6) is 5.75 Å². The molecular weight excluding hydrogens is 458 g/mol. The van der Waals surface area contributed by atoms with Gasteiger partial charge in [-0.3, -0.25) is 15.0 Å². The van der Waals surface area contributed by atoms with Crippen molar-refractivity contribution in [2.24, 2.45) is 0 Å². The van der Waals surface area contributed by atoms with E-state index < -0.39 is 5.91 Å². The number of hydrogen-bond acceptors (Lipinski definition) is 5. The molecule has 0 aliphatic heterocycles. The molecule has 1 amide bonds. The molecule has 4 aromatic rings. The molecule has 0 fully saturated rings. The van der Waals surface area contributed by atoms with Crippen LogP contribution in [0.1, 0.15) is 35.8 Å². The van der Waals surface area contributed by atoms with E-state index in [4.69, 9.17) is 16.3 Å². The number of thiophene rings is 1. The Balaban J connectivity index is 1.59. The highest BCUT2D eigenvalue weighted by Crippen LogP contribution is 2.35. The van der Waals surface area contributed by atoms with Crippen LogP contribution in [0.25, 0.3) is 21.3 Å². The first-order valence-corrected chi connectivity index (χ1v) is 11.7. The van der Waals surface area contributed by atoms with Crippen molar-refractivity contribution >= 4 is 39.1 Å². The van der Waals surface area contributed by atoms with E-state index in [1.807, 2.05) is 70.2 Å². The zero-order valence-corrected chi connectivity index (χ0v) is 20.4. The smallest absolute Gasteiger partial charge is 0.281 e. The van der Waals surface area contributed by atoms with Gasteiger partial charge < -0.3 is 4.74 Å². The number of benzene rings is 2. The molecule has 0 saturated carbocycles. The Labute approximate surface area is 200 Å². The minimum Gasteiger partial charge on any atom is -0.483 e. The van der Waals surface area contributed by atoms with Gasteiger partial charge in [-0.15, -0.1) is 11.3 Å². The maximum Gasteiger partial charge on any atom is 0.281 e. The molecule has 2 aromatic carbocycles. The molecule has 33 heavy (non-hydrogen) atoms. The van der Waals surface area contributed by atoms with Crippen molar-refractivity contribution in [1.82, 2.24) is 9.66 Å². The Hall–Kier alpha value is -3.16. The lowest BCUT2D eigenvalue weighted by Crippen LogP contribution is -2.35. The standard InChI is InChI=1S/C25H24ClN3O3S/c1-14(2)18-11-19(26)15(3)10-20(18)32-12-21(30)28-29-13-27-24-23(25(29)31)22(16(4)33-24)17-8-6-5-7-9-17/h5-11,13-14H,12H2,1-4H3,(H,28,30). The largest absolute Gasteiger partial charge is 0.483 e. The van der Waals surface area contributed by atoms with E-state index >= 15 is 0 Å². The second kappa shape index (κ2) is 9.37. The summed E-state index contributed by atoms with van der Waals surface area (Å²) in [6, 6.07) is 13.4. The van der Waals surface area contributed by atoms with Crippen molar-refractivity contribution in [2.75, 3.05) is 12.0 Å². The van der Waals surface area contributed by atoms with E-state index in [1.54, 1.807) is 0 Å². The average molecular weight is 482 g/mol. The molecule has 0 spiro atoms. The summed E-state index contributed by atoms with van der Waals surface area (Å²) in [4.78, 5) is 31.9. The molecule has 0 atom stereocenters. The Morgan fingerprint density at radius 2 is 1.94 bits per heavy atom. The van der Waals surface area contributed by atoms with Crippen molar-refractivity contribution in [3.05, 3.63) is 80.2 Å². The van der Waals surface area contributed by atoms with E-state index in [2.05, 4.69) is 10.4 Å². The highest BCUT2D eigenvalue weighted by Gasteiger charge is 2.18.